The SMILES string of the molecule is COc1ccc(CCNC(=O)Cn2ncc3c4ccccc4n(Cc4ccccc4)c3c2=O)cc1OC. The fourth-order valence-corrected chi connectivity index (χ4v) is 4.61. The standard InChI is InChI=1S/C29H28N4O4/c1-36-25-13-12-20(16-26(25)37-2)14-15-30-27(34)19-33-29(35)28-23(17-31-33)22-10-6-7-11-24(22)32(28)18-21-8-4-3-5-9-21/h3-13,16-17H,14-15,18-19H2,1-2H3,(H,30,34). The molecule has 1 N–H and O–H groups in total. The van der Waals surface area contributed by atoms with E-state index in [2.05, 4.69) is 10.4 Å². The molecule has 1 amide bonds. The highest BCUT2D eigenvalue weighted by molar-refractivity contribution is 6.07. The van der Waals surface area contributed by atoms with Crippen LogP contribution < -0.4 is 20.3 Å². The minimum Gasteiger partial charge on any atom is -0.493 e. The topological polar surface area (TPSA) is 87.4 Å². The summed E-state index contributed by atoms with van der Waals surface area (Å²) in [5.41, 5.74) is 3.29. The second kappa shape index (κ2) is 10.6. The first-order valence-electron chi connectivity index (χ1n) is 12.1. The largest absolute Gasteiger partial charge is 0.493 e. The number of carbonyl (C=O) groups is 1. The Morgan fingerprint density at radius 3 is 2.43 bits per heavy atom. The Bertz CT molecular complexity index is 1620. The van der Waals surface area contributed by atoms with E-state index in [1.807, 2.05) is 77.4 Å². The Balaban J connectivity index is 1.36. The van der Waals surface area contributed by atoms with Crippen LogP contribution in [0.2, 0.25) is 0 Å². The van der Waals surface area contributed by atoms with E-state index in [0.717, 1.165) is 27.4 Å². The van der Waals surface area contributed by atoms with E-state index in [-0.39, 0.29) is 18.0 Å². The zero-order chi connectivity index (χ0) is 25.8. The number of amides is 1. The highest BCUT2D eigenvalue weighted by Gasteiger charge is 2.17. The number of fused-ring (bicyclic) bond motifs is 3. The van der Waals surface area contributed by atoms with E-state index in [1.54, 1.807) is 20.4 Å². The number of aromatic nitrogens is 3. The van der Waals surface area contributed by atoms with Gasteiger partial charge in [-0.25, -0.2) is 4.68 Å². The van der Waals surface area contributed by atoms with Crippen LogP contribution in [0, 0.1) is 0 Å². The predicted molar refractivity (Wildman–Crippen MR) is 143 cm³/mol. The molecule has 3 aromatic carbocycles. The molecule has 5 aromatic rings. The van der Waals surface area contributed by atoms with Gasteiger partial charge in [0.15, 0.2) is 11.5 Å². The van der Waals surface area contributed by atoms with Crippen LogP contribution in [0.5, 0.6) is 11.5 Å². The van der Waals surface area contributed by atoms with Gasteiger partial charge in [0, 0.05) is 29.4 Å². The minimum absolute atomic E-state index is 0.159. The normalized spacial score (nSPS) is 11.1. The molecule has 0 saturated carbocycles. The first-order chi connectivity index (χ1) is 18.1. The van der Waals surface area contributed by atoms with Crippen LogP contribution in [0.1, 0.15) is 11.1 Å². The van der Waals surface area contributed by atoms with Gasteiger partial charge in [0.2, 0.25) is 5.91 Å². The van der Waals surface area contributed by atoms with Crippen LogP contribution in [0.3, 0.4) is 0 Å². The van der Waals surface area contributed by atoms with Gasteiger partial charge in [0.25, 0.3) is 5.56 Å². The van der Waals surface area contributed by atoms with Gasteiger partial charge in [0.05, 0.1) is 20.4 Å². The molecule has 0 spiro atoms. The van der Waals surface area contributed by atoms with Gasteiger partial charge in [-0.3, -0.25) is 9.59 Å². The molecular weight excluding hydrogens is 468 g/mol. The van der Waals surface area contributed by atoms with Crippen molar-refractivity contribution in [3.8, 4) is 11.5 Å². The number of benzene rings is 3. The fourth-order valence-electron chi connectivity index (χ4n) is 4.61. The Hall–Kier alpha value is -4.59. The molecular formula is C29H28N4O4. The van der Waals surface area contributed by atoms with E-state index in [1.165, 1.54) is 4.68 Å². The van der Waals surface area contributed by atoms with Gasteiger partial charge in [-0.05, 0) is 35.7 Å². The average molecular weight is 497 g/mol. The Morgan fingerprint density at radius 1 is 0.892 bits per heavy atom. The molecule has 8 heteroatoms. The quantitative estimate of drug-likeness (QED) is 0.336. The molecule has 8 nitrogen and oxygen atoms in total. The van der Waals surface area contributed by atoms with Crippen molar-refractivity contribution >= 4 is 27.7 Å². The second-order valence-electron chi connectivity index (χ2n) is 8.75. The van der Waals surface area contributed by atoms with Gasteiger partial charge in [-0.1, -0.05) is 54.6 Å². The molecule has 188 valence electrons. The lowest BCUT2D eigenvalue weighted by molar-refractivity contribution is -0.121. The summed E-state index contributed by atoms with van der Waals surface area (Å²) in [7, 11) is 3.18. The highest BCUT2D eigenvalue weighted by Crippen LogP contribution is 2.28. The molecule has 0 aliphatic rings. The second-order valence-corrected chi connectivity index (χ2v) is 8.75. The first-order valence-corrected chi connectivity index (χ1v) is 12.1. The summed E-state index contributed by atoms with van der Waals surface area (Å²) in [4.78, 5) is 26.2. The molecule has 0 aliphatic heterocycles. The minimum atomic E-state index is -0.292. The van der Waals surface area contributed by atoms with Crippen molar-refractivity contribution in [3.05, 3.63) is 100 Å². The van der Waals surface area contributed by atoms with Gasteiger partial charge in [-0.2, -0.15) is 5.10 Å². The molecule has 2 aromatic heterocycles. The van der Waals surface area contributed by atoms with Crippen LogP contribution in [-0.2, 0) is 24.3 Å². The maximum absolute atomic E-state index is 13.5. The molecule has 37 heavy (non-hydrogen) atoms. The lowest BCUT2D eigenvalue weighted by Gasteiger charge is -2.11. The van der Waals surface area contributed by atoms with Gasteiger partial charge < -0.3 is 19.4 Å². The molecule has 0 unspecified atom stereocenters. The van der Waals surface area contributed by atoms with Crippen molar-refractivity contribution in [2.75, 3.05) is 20.8 Å². The van der Waals surface area contributed by atoms with Crippen LogP contribution in [0.15, 0.2) is 83.8 Å². The molecule has 2 heterocycles. The third-order valence-electron chi connectivity index (χ3n) is 6.43. The molecule has 0 aliphatic carbocycles. The van der Waals surface area contributed by atoms with Crippen molar-refractivity contribution in [2.24, 2.45) is 0 Å². The van der Waals surface area contributed by atoms with E-state index < -0.39 is 0 Å². The highest BCUT2D eigenvalue weighted by atomic mass is 16.5. The maximum Gasteiger partial charge on any atom is 0.291 e. The summed E-state index contributed by atoms with van der Waals surface area (Å²) in [6.07, 6.45) is 2.29. The Morgan fingerprint density at radius 2 is 1.65 bits per heavy atom. The summed E-state index contributed by atoms with van der Waals surface area (Å²) < 4.78 is 13.8. The molecule has 0 saturated heterocycles. The van der Waals surface area contributed by atoms with Gasteiger partial charge >= 0.3 is 0 Å². The van der Waals surface area contributed by atoms with Crippen molar-refractivity contribution < 1.29 is 14.3 Å². The van der Waals surface area contributed by atoms with Crippen LogP contribution in [-0.4, -0.2) is 41.0 Å². The van der Waals surface area contributed by atoms with E-state index >= 15 is 0 Å². The zero-order valence-electron chi connectivity index (χ0n) is 20.8. The summed E-state index contributed by atoms with van der Waals surface area (Å²) in [5, 5.41) is 8.95. The van der Waals surface area contributed by atoms with Crippen molar-refractivity contribution in [3.63, 3.8) is 0 Å². The predicted octanol–water partition coefficient (Wildman–Crippen LogP) is 3.78. The van der Waals surface area contributed by atoms with Crippen molar-refractivity contribution in [1.29, 1.82) is 0 Å². The van der Waals surface area contributed by atoms with Crippen LogP contribution in [0.4, 0.5) is 0 Å². The summed E-state index contributed by atoms with van der Waals surface area (Å²) in [5.74, 6) is 1.02. The first kappa shape index (κ1) is 24.1. The number of nitrogens with zero attached hydrogens (tertiary/aromatic N) is 3. The lowest BCUT2D eigenvalue weighted by atomic mass is 10.1. The lowest BCUT2D eigenvalue weighted by Crippen LogP contribution is -2.35. The maximum atomic E-state index is 13.5. The molecule has 0 fully saturated rings. The van der Waals surface area contributed by atoms with E-state index in [0.29, 0.717) is 36.5 Å². The number of rotatable bonds is 9. The van der Waals surface area contributed by atoms with Crippen molar-refractivity contribution in [1.82, 2.24) is 19.7 Å². The third kappa shape index (κ3) is 4.91. The summed E-state index contributed by atoms with van der Waals surface area (Å²) in [6, 6.07) is 23.6. The Labute approximate surface area is 214 Å². The number of para-hydroxylation sites is 1. The average Bonchev–Trinajstić information content (AvgIpc) is 3.24. The number of hydrogen-bond acceptors (Lipinski definition) is 5. The monoisotopic (exact) mass is 496 g/mol. The number of methoxy groups -OCH3 is 2. The summed E-state index contributed by atoms with van der Waals surface area (Å²) >= 11 is 0. The number of ether oxygens (including phenoxy) is 2. The molecule has 0 radical (unpaired) electrons. The number of carbonyl (C=O) groups excluding carboxylic acids is 1. The smallest absolute Gasteiger partial charge is 0.291 e. The fraction of sp³-hybridized carbons (Fsp3) is 0.207. The Kier molecular flexibility index (Phi) is 6.89. The molecule has 0 bridgehead atoms. The van der Waals surface area contributed by atoms with E-state index in [9.17, 15) is 9.59 Å². The number of nitrogens with one attached hydrogen (secondary N) is 1. The van der Waals surface area contributed by atoms with Crippen LogP contribution in [0.25, 0.3) is 21.8 Å². The zero-order valence-corrected chi connectivity index (χ0v) is 20.8. The van der Waals surface area contributed by atoms with Gasteiger partial charge in [0.1, 0.15) is 12.1 Å². The van der Waals surface area contributed by atoms with Crippen molar-refractivity contribution in [2.45, 2.75) is 19.5 Å². The molecule has 0 atom stereocenters. The third-order valence-corrected chi connectivity index (χ3v) is 6.43. The van der Waals surface area contributed by atoms with Crippen LogP contribution >= 0.6 is 0 Å². The van der Waals surface area contributed by atoms with Gasteiger partial charge in [-0.15, -0.1) is 0 Å². The summed E-state index contributed by atoms with van der Waals surface area (Å²) in [6.45, 7) is 0.800. The van der Waals surface area contributed by atoms with E-state index in [4.69, 9.17) is 9.47 Å². The number of hydrogen-bond donors (Lipinski definition) is 1. The molecule has 5 rings (SSSR count).